The van der Waals surface area contributed by atoms with E-state index in [1.165, 1.54) is 6.21 Å². The first kappa shape index (κ1) is 24.6. The van der Waals surface area contributed by atoms with Gasteiger partial charge < -0.3 is 10.1 Å². The molecule has 0 saturated carbocycles. The van der Waals surface area contributed by atoms with Gasteiger partial charge in [0, 0.05) is 26.3 Å². The number of carbonyl (C=O) groups excluding carboxylic acids is 2. The van der Waals surface area contributed by atoms with Crippen LogP contribution in [0.4, 0.5) is 5.69 Å². The van der Waals surface area contributed by atoms with Crippen LogP contribution in [-0.2, 0) is 16.2 Å². The SMILES string of the molecule is Cc1ccc(NC(=O)CC(=O)NN=Cc2cc(Cl)ccc2OCc2cccc(Cl)c2)cc1Cl. The average Bonchev–Trinajstić information content (AvgIpc) is 2.76. The molecule has 0 bridgehead atoms. The van der Waals surface area contributed by atoms with Gasteiger partial charge in [0.25, 0.3) is 0 Å². The number of nitrogens with one attached hydrogen (secondary N) is 2. The molecule has 3 aromatic rings. The molecule has 3 rings (SSSR count). The number of hydrogen-bond donors (Lipinski definition) is 2. The third-order valence-corrected chi connectivity index (χ3v) is 5.30. The number of nitrogens with zero attached hydrogens (tertiary/aromatic N) is 1. The second-order valence-electron chi connectivity index (χ2n) is 7.08. The van der Waals surface area contributed by atoms with Crippen molar-refractivity contribution in [2.45, 2.75) is 20.0 Å². The van der Waals surface area contributed by atoms with E-state index in [9.17, 15) is 9.59 Å². The van der Waals surface area contributed by atoms with Crippen molar-refractivity contribution in [3.8, 4) is 5.75 Å². The fourth-order valence-electron chi connectivity index (χ4n) is 2.77. The number of hydrogen-bond acceptors (Lipinski definition) is 4. The highest BCUT2D eigenvalue weighted by Gasteiger charge is 2.10. The molecular formula is C24H20Cl3N3O3. The van der Waals surface area contributed by atoms with Crippen molar-refractivity contribution >= 4 is 58.5 Å². The molecule has 0 aliphatic heterocycles. The van der Waals surface area contributed by atoms with E-state index < -0.39 is 18.2 Å². The normalized spacial score (nSPS) is 10.8. The first-order valence-electron chi connectivity index (χ1n) is 9.85. The highest BCUT2D eigenvalue weighted by molar-refractivity contribution is 6.32. The lowest BCUT2D eigenvalue weighted by Crippen LogP contribution is -2.24. The van der Waals surface area contributed by atoms with Gasteiger partial charge in [-0.3, -0.25) is 9.59 Å². The first-order chi connectivity index (χ1) is 15.8. The summed E-state index contributed by atoms with van der Waals surface area (Å²) in [6.45, 7) is 2.14. The standard InChI is InChI=1S/C24H20Cl3N3O3/c1-15-5-7-20(11-21(15)27)29-23(31)12-24(32)30-28-13-17-10-19(26)6-8-22(17)33-14-16-3-2-4-18(25)9-16/h2-11,13H,12,14H2,1H3,(H,29,31)(H,30,32). The van der Waals surface area contributed by atoms with Crippen molar-refractivity contribution in [3.05, 3.63) is 92.4 Å². The third-order valence-electron chi connectivity index (χ3n) is 4.42. The van der Waals surface area contributed by atoms with Gasteiger partial charge in [-0.1, -0.05) is 53.0 Å². The Hall–Kier alpha value is -3.06. The first-order valence-corrected chi connectivity index (χ1v) is 11.0. The monoisotopic (exact) mass is 503 g/mol. The predicted octanol–water partition coefficient (Wildman–Crippen LogP) is 6.01. The number of aryl methyl sites for hydroxylation is 1. The van der Waals surface area contributed by atoms with E-state index in [-0.39, 0.29) is 0 Å². The Balaban J connectivity index is 1.56. The average molecular weight is 505 g/mol. The number of halogens is 3. The predicted molar refractivity (Wildman–Crippen MR) is 132 cm³/mol. The smallest absolute Gasteiger partial charge is 0.249 e. The van der Waals surface area contributed by atoms with E-state index in [1.54, 1.807) is 48.5 Å². The molecule has 9 heteroatoms. The summed E-state index contributed by atoms with van der Waals surface area (Å²) >= 11 is 18.1. The van der Waals surface area contributed by atoms with Crippen LogP contribution in [0.25, 0.3) is 0 Å². The lowest BCUT2D eigenvalue weighted by molar-refractivity contribution is -0.126. The van der Waals surface area contributed by atoms with E-state index >= 15 is 0 Å². The van der Waals surface area contributed by atoms with E-state index in [0.717, 1.165) is 11.1 Å². The van der Waals surface area contributed by atoms with Gasteiger partial charge >= 0.3 is 0 Å². The minimum absolute atomic E-state index is 0.290. The Kier molecular flexibility index (Phi) is 8.72. The molecule has 170 valence electrons. The fourth-order valence-corrected chi connectivity index (χ4v) is 3.35. The van der Waals surface area contributed by atoms with Gasteiger partial charge in [0.1, 0.15) is 18.8 Å². The van der Waals surface area contributed by atoms with Gasteiger partial charge in [-0.05, 0) is 60.5 Å². The second-order valence-corrected chi connectivity index (χ2v) is 8.36. The maximum absolute atomic E-state index is 12.1. The molecule has 6 nitrogen and oxygen atoms in total. The van der Waals surface area contributed by atoms with Crippen LogP contribution in [-0.4, -0.2) is 18.0 Å². The molecule has 3 aromatic carbocycles. The minimum Gasteiger partial charge on any atom is -0.488 e. The summed E-state index contributed by atoms with van der Waals surface area (Å²) in [5.41, 5.74) is 5.17. The Morgan fingerprint density at radius 2 is 1.76 bits per heavy atom. The number of rotatable bonds is 8. The molecule has 0 unspecified atom stereocenters. The Bertz CT molecular complexity index is 1200. The number of ether oxygens (including phenoxy) is 1. The number of carbonyl (C=O) groups is 2. The van der Waals surface area contributed by atoms with Gasteiger partial charge in [-0.2, -0.15) is 5.10 Å². The van der Waals surface area contributed by atoms with Crippen LogP contribution < -0.4 is 15.5 Å². The van der Waals surface area contributed by atoms with Crippen molar-refractivity contribution in [1.29, 1.82) is 0 Å². The van der Waals surface area contributed by atoms with Gasteiger partial charge in [0.2, 0.25) is 11.8 Å². The zero-order chi connectivity index (χ0) is 23.8. The van der Waals surface area contributed by atoms with Crippen LogP contribution in [0.1, 0.15) is 23.1 Å². The zero-order valence-electron chi connectivity index (χ0n) is 17.6. The Labute approximate surface area is 206 Å². The molecule has 33 heavy (non-hydrogen) atoms. The quantitative estimate of drug-likeness (QED) is 0.224. The number of amides is 2. The van der Waals surface area contributed by atoms with Crippen LogP contribution in [0.3, 0.4) is 0 Å². The van der Waals surface area contributed by atoms with E-state index in [0.29, 0.717) is 38.7 Å². The maximum Gasteiger partial charge on any atom is 0.249 e. The number of hydrazone groups is 1. The molecular weight excluding hydrogens is 485 g/mol. The van der Waals surface area contributed by atoms with Crippen molar-refractivity contribution in [1.82, 2.24) is 5.43 Å². The molecule has 2 amide bonds. The number of anilines is 1. The summed E-state index contributed by atoms with van der Waals surface area (Å²) in [6, 6.07) is 17.5. The topological polar surface area (TPSA) is 79.8 Å². The third kappa shape index (κ3) is 7.79. The molecule has 0 heterocycles. The highest BCUT2D eigenvalue weighted by Crippen LogP contribution is 2.23. The lowest BCUT2D eigenvalue weighted by atomic mass is 10.2. The van der Waals surface area contributed by atoms with Gasteiger partial charge in [-0.15, -0.1) is 0 Å². The summed E-state index contributed by atoms with van der Waals surface area (Å²) in [7, 11) is 0. The Morgan fingerprint density at radius 3 is 2.52 bits per heavy atom. The maximum atomic E-state index is 12.1. The molecule has 0 aliphatic carbocycles. The molecule has 0 fully saturated rings. The molecule has 0 aromatic heterocycles. The van der Waals surface area contributed by atoms with Crippen molar-refractivity contribution in [3.63, 3.8) is 0 Å². The largest absolute Gasteiger partial charge is 0.488 e. The summed E-state index contributed by atoms with van der Waals surface area (Å²) < 4.78 is 5.84. The fraction of sp³-hybridized carbons (Fsp3) is 0.125. The summed E-state index contributed by atoms with van der Waals surface area (Å²) in [6.07, 6.45) is 0.991. The molecule has 2 N–H and O–H groups in total. The highest BCUT2D eigenvalue weighted by atomic mass is 35.5. The lowest BCUT2D eigenvalue weighted by Gasteiger charge is -2.10. The summed E-state index contributed by atoms with van der Waals surface area (Å²) in [5, 5.41) is 8.15. The summed E-state index contributed by atoms with van der Waals surface area (Å²) in [4.78, 5) is 24.1. The van der Waals surface area contributed by atoms with Crippen LogP contribution in [0.15, 0.2) is 65.8 Å². The molecule has 0 radical (unpaired) electrons. The summed E-state index contributed by atoms with van der Waals surface area (Å²) in [5.74, 6) is -0.548. The van der Waals surface area contributed by atoms with Crippen LogP contribution in [0.5, 0.6) is 5.75 Å². The molecule has 0 atom stereocenters. The zero-order valence-corrected chi connectivity index (χ0v) is 19.8. The van der Waals surface area contributed by atoms with Gasteiger partial charge in [0.15, 0.2) is 0 Å². The van der Waals surface area contributed by atoms with Gasteiger partial charge in [-0.25, -0.2) is 5.43 Å². The van der Waals surface area contributed by atoms with Crippen molar-refractivity contribution in [2.75, 3.05) is 5.32 Å². The molecule has 0 spiro atoms. The van der Waals surface area contributed by atoms with E-state index in [4.69, 9.17) is 39.5 Å². The van der Waals surface area contributed by atoms with E-state index in [2.05, 4.69) is 15.8 Å². The second kappa shape index (κ2) is 11.7. The van der Waals surface area contributed by atoms with Crippen LogP contribution >= 0.6 is 34.8 Å². The van der Waals surface area contributed by atoms with Crippen molar-refractivity contribution < 1.29 is 14.3 Å². The minimum atomic E-state index is -0.578. The van der Waals surface area contributed by atoms with Crippen molar-refractivity contribution in [2.24, 2.45) is 5.10 Å². The van der Waals surface area contributed by atoms with Crippen LogP contribution in [0, 0.1) is 6.92 Å². The van der Waals surface area contributed by atoms with Crippen LogP contribution in [0.2, 0.25) is 15.1 Å². The number of benzene rings is 3. The van der Waals surface area contributed by atoms with Gasteiger partial charge in [0.05, 0.1) is 6.21 Å². The molecule has 0 aliphatic rings. The Morgan fingerprint density at radius 1 is 0.970 bits per heavy atom. The van der Waals surface area contributed by atoms with E-state index in [1.807, 2.05) is 19.1 Å². The molecule has 0 saturated heterocycles.